The molecule has 2 fully saturated rings. The highest BCUT2D eigenvalue weighted by molar-refractivity contribution is 6.29. The van der Waals surface area contributed by atoms with Crippen molar-refractivity contribution in [3.8, 4) is 0 Å². The average molecular weight is 240 g/mol. The molecule has 0 saturated carbocycles. The smallest absolute Gasteiger partial charge is 0.160 e. The van der Waals surface area contributed by atoms with Crippen LogP contribution in [-0.4, -0.2) is 40.6 Å². The first kappa shape index (κ1) is 10.4. The monoisotopic (exact) mass is 239 g/mol. The lowest BCUT2D eigenvalue weighted by molar-refractivity contribution is -0.0541. The number of halogens is 1. The fourth-order valence-electron chi connectivity index (χ4n) is 2.48. The standard InChI is InChI=1S/C11H14ClN3O/c12-10-3-4-13-11(14-10)9-6-15-5-1-2-8(15)7-16-9/h3-4,8-9H,1-2,5-7H2. The highest BCUT2D eigenvalue weighted by atomic mass is 35.5. The van der Waals surface area contributed by atoms with Crippen molar-refractivity contribution in [2.45, 2.75) is 25.0 Å². The van der Waals surface area contributed by atoms with Crippen LogP contribution in [0.3, 0.4) is 0 Å². The van der Waals surface area contributed by atoms with Gasteiger partial charge in [-0.1, -0.05) is 11.6 Å². The van der Waals surface area contributed by atoms with E-state index in [4.69, 9.17) is 16.3 Å². The Labute approximate surface area is 99.6 Å². The van der Waals surface area contributed by atoms with E-state index in [2.05, 4.69) is 14.9 Å². The van der Waals surface area contributed by atoms with Gasteiger partial charge in [0.05, 0.1) is 6.61 Å². The molecule has 0 spiro atoms. The number of hydrogen-bond acceptors (Lipinski definition) is 4. The fourth-order valence-corrected chi connectivity index (χ4v) is 2.62. The predicted molar refractivity (Wildman–Crippen MR) is 60.3 cm³/mol. The van der Waals surface area contributed by atoms with Gasteiger partial charge in [0.2, 0.25) is 0 Å². The van der Waals surface area contributed by atoms with E-state index in [1.54, 1.807) is 12.3 Å². The van der Waals surface area contributed by atoms with Crippen LogP contribution in [-0.2, 0) is 4.74 Å². The van der Waals surface area contributed by atoms with E-state index in [0.29, 0.717) is 17.0 Å². The van der Waals surface area contributed by atoms with Gasteiger partial charge >= 0.3 is 0 Å². The molecule has 3 heterocycles. The molecule has 86 valence electrons. The van der Waals surface area contributed by atoms with Crippen LogP contribution in [0.15, 0.2) is 12.3 Å². The minimum absolute atomic E-state index is 0.0203. The van der Waals surface area contributed by atoms with Gasteiger partial charge in [-0.25, -0.2) is 9.97 Å². The Morgan fingerprint density at radius 1 is 1.50 bits per heavy atom. The lowest BCUT2D eigenvalue weighted by atomic mass is 10.2. The Kier molecular flexibility index (Phi) is 2.79. The topological polar surface area (TPSA) is 38.2 Å². The molecule has 2 atom stereocenters. The second kappa shape index (κ2) is 4.28. The number of aromatic nitrogens is 2. The van der Waals surface area contributed by atoms with Gasteiger partial charge in [0.1, 0.15) is 11.3 Å². The molecule has 2 aliphatic heterocycles. The second-order valence-corrected chi connectivity index (χ2v) is 4.74. The number of rotatable bonds is 1. The summed E-state index contributed by atoms with van der Waals surface area (Å²) in [6.45, 7) is 2.86. The largest absolute Gasteiger partial charge is 0.367 e. The van der Waals surface area contributed by atoms with E-state index in [9.17, 15) is 0 Å². The van der Waals surface area contributed by atoms with Crippen LogP contribution >= 0.6 is 11.6 Å². The lowest BCUT2D eigenvalue weighted by Gasteiger charge is -2.34. The zero-order valence-electron chi connectivity index (χ0n) is 8.97. The molecule has 0 N–H and O–H groups in total. The third-order valence-electron chi connectivity index (χ3n) is 3.32. The van der Waals surface area contributed by atoms with Crippen LogP contribution < -0.4 is 0 Å². The molecule has 16 heavy (non-hydrogen) atoms. The maximum atomic E-state index is 5.86. The quantitative estimate of drug-likeness (QED) is 0.699. The van der Waals surface area contributed by atoms with Crippen LogP contribution in [0.2, 0.25) is 5.15 Å². The predicted octanol–water partition coefficient (Wildman–Crippen LogP) is 1.67. The van der Waals surface area contributed by atoms with E-state index >= 15 is 0 Å². The summed E-state index contributed by atoms with van der Waals surface area (Å²) in [5.41, 5.74) is 0. The summed E-state index contributed by atoms with van der Waals surface area (Å²) >= 11 is 5.86. The number of ether oxygens (including phenoxy) is 1. The minimum Gasteiger partial charge on any atom is -0.367 e. The molecule has 0 aromatic carbocycles. The summed E-state index contributed by atoms with van der Waals surface area (Å²) in [5, 5.41) is 0.483. The van der Waals surface area contributed by atoms with Crippen molar-refractivity contribution < 1.29 is 4.74 Å². The van der Waals surface area contributed by atoms with Gasteiger partial charge in [0, 0.05) is 18.8 Å². The fraction of sp³-hybridized carbons (Fsp3) is 0.636. The van der Waals surface area contributed by atoms with Crippen molar-refractivity contribution in [1.82, 2.24) is 14.9 Å². The summed E-state index contributed by atoms with van der Waals surface area (Å²) in [6.07, 6.45) is 4.19. The van der Waals surface area contributed by atoms with Gasteiger partial charge < -0.3 is 4.74 Å². The molecule has 2 saturated heterocycles. The molecule has 2 unspecified atom stereocenters. The van der Waals surface area contributed by atoms with Crippen LogP contribution in [0.5, 0.6) is 0 Å². The lowest BCUT2D eigenvalue weighted by Crippen LogP contribution is -2.42. The number of nitrogens with zero attached hydrogens (tertiary/aromatic N) is 3. The van der Waals surface area contributed by atoms with Gasteiger partial charge in [-0.2, -0.15) is 0 Å². The summed E-state index contributed by atoms with van der Waals surface area (Å²) in [7, 11) is 0. The normalized spacial score (nSPS) is 30.3. The molecule has 5 heteroatoms. The van der Waals surface area contributed by atoms with Gasteiger partial charge in [0.15, 0.2) is 5.82 Å². The highest BCUT2D eigenvalue weighted by Crippen LogP contribution is 2.28. The SMILES string of the molecule is Clc1ccnc(C2CN3CCCC3CO2)n1. The summed E-state index contributed by atoms with van der Waals surface area (Å²) in [4.78, 5) is 10.9. The maximum Gasteiger partial charge on any atom is 0.160 e. The molecule has 0 amide bonds. The van der Waals surface area contributed by atoms with Gasteiger partial charge in [-0.15, -0.1) is 0 Å². The third kappa shape index (κ3) is 1.93. The van der Waals surface area contributed by atoms with E-state index < -0.39 is 0 Å². The summed E-state index contributed by atoms with van der Waals surface area (Å²) < 4.78 is 5.81. The zero-order valence-corrected chi connectivity index (χ0v) is 9.73. The third-order valence-corrected chi connectivity index (χ3v) is 3.53. The van der Waals surface area contributed by atoms with Gasteiger partial charge in [-0.05, 0) is 25.5 Å². The van der Waals surface area contributed by atoms with Crippen molar-refractivity contribution in [2.24, 2.45) is 0 Å². The molecular weight excluding hydrogens is 226 g/mol. The number of morpholine rings is 1. The molecule has 1 aromatic heterocycles. The van der Waals surface area contributed by atoms with Gasteiger partial charge in [0.25, 0.3) is 0 Å². The molecule has 4 nitrogen and oxygen atoms in total. The first-order valence-electron chi connectivity index (χ1n) is 5.67. The minimum atomic E-state index is -0.0203. The summed E-state index contributed by atoms with van der Waals surface area (Å²) in [6, 6.07) is 2.29. The second-order valence-electron chi connectivity index (χ2n) is 4.35. The summed E-state index contributed by atoms with van der Waals surface area (Å²) in [5.74, 6) is 0.706. The highest BCUT2D eigenvalue weighted by Gasteiger charge is 2.33. The molecular formula is C11H14ClN3O. The molecule has 2 aliphatic rings. The molecule has 0 bridgehead atoms. The molecule has 3 rings (SSSR count). The van der Waals surface area contributed by atoms with Crippen LogP contribution in [0.1, 0.15) is 24.8 Å². The first-order valence-corrected chi connectivity index (χ1v) is 6.05. The number of fused-ring (bicyclic) bond motifs is 1. The van der Waals surface area contributed by atoms with Gasteiger partial charge in [-0.3, -0.25) is 4.90 Å². The Morgan fingerprint density at radius 3 is 3.31 bits per heavy atom. The van der Waals surface area contributed by atoms with Crippen molar-refractivity contribution in [1.29, 1.82) is 0 Å². The Hall–Kier alpha value is -0.710. The molecule has 0 aliphatic carbocycles. The molecule has 1 aromatic rings. The van der Waals surface area contributed by atoms with Crippen molar-refractivity contribution in [3.05, 3.63) is 23.2 Å². The van der Waals surface area contributed by atoms with Crippen molar-refractivity contribution >= 4 is 11.6 Å². The van der Waals surface area contributed by atoms with Crippen molar-refractivity contribution in [2.75, 3.05) is 19.7 Å². The average Bonchev–Trinajstić information content (AvgIpc) is 2.75. The van der Waals surface area contributed by atoms with E-state index in [0.717, 1.165) is 13.2 Å². The first-order chi connectivity index (χ1) is 7.83. The van der Waals surface area contributed by atoms with Crippen molar-refractivity contribution in [3.63, 3.8) is 0 Å². The van der Waals surface area contributed by atoms with Crippen LogP contribution in [0.4, 0.5) is 0 Å². The van der Waals surface area contributed by atoms with Crippen LogP contribution in [0, 0.1) is 0 Å². The van der Waals surface area contributed by atoms with E-state index in [-0.39, 0.29) is 6.10 Å². The Balaban J connectivity index is 1.76. The van der Waals surface area contributed by atoms with Crippen LogP contribution in [0.25, 0.3) is 0 Å². The van der Waals surface area contributed by atoms with E-state index in [1.165, 1.54) is 19.4 Å². The molecule has 0 radical (unpaired) electrons. The van der Waals surface area contributed by atoms with E-state index in [1.807, 2.05) is 0 Å². The zero-order chi connectivity index (χ0) is 11.0. The Morgan fingerprint density at radius 2 is 2.44 bits per heavy atom. The maximum absolute atomic E-state index is 5.86. The number of hydrogen-bond donors (Lipinski definition) is 0. The Bertz CT molecular complexity index is 387.